The van der Waals surface area contributed by atoms with Gasteiger partial charge >= 0.3 is 6.03 Å². The molecule has 2 heterocycles. The van der Waals surface area contributed by atoms with Gasteiger partial charge in [0.1, 0.15) is 24.1 Å². The third kappa shape index (κ3) is 5.86. The lowest BCUT2D eigenvalue weighted by atomic mass is 10.1. The van der Waals surface area contributed by atoms with E-state index in [1.807, 2.05) is 0 Å². The fraction of sp³-hybridized carbons (Fsp3) is 0.579. The number of benzene rings is 1. The number of aliphatic hydroxyl groups is 1. The molecule has 0 saturated carbocycles. The molecule has 2 fully saturated rings. The van der Waals surface area contributed by atoms with E-state index < -0.39 is 30.2 Å². The van der Waals surface area contributed by atoms with Gasteiger partial charge in [0.2, 0.25) is 5.91 Å². The predicted octanol–water partition coefficient (Wildman–Crippen LogP) is 0.386. The molecule has 0 spiro atoms. The molecule has 5 atom stereocenters. The Morgan fingerprint density at radius 3 is 2.69 bits per heavy atom. The van der Waals surface area contributed by atoms with Crippen LogP contribution in [0.25, 0.3) is 0 Å². The summed E-state index contributed by atoms with van der Waals surface area (Å²) in [7, 11) is 1.56. The Morgan fingerprint density at radius 1 is 1.24 bits per heavy atom. The van der Waals surface area contributed by atoms with E-state index in [-0.39, 0.29) is 31.1 Å². The molecule has 2 aliphatic heterocycles. The molecule has 0 aromatic heterocycles. The summed E-state index contributed by atoms with van der Waals surface area (Å²) in [6.45, 7) is 0.961. The minimum Gasteiger partial charge on any atom is -0.388 e. The number of carbonyl (C=O) groups is 2. The number of rotatable bonds is 8. The first-order valence-corrected chi connectivity index (χ1v) is 9.51. The van der Waals surface area contributed by atoms with Crippen LogP contribution >= 0.6 is 0 Å². The van der Waals surface area contributed by atoms with Gasteiger partial charge in [0, 0.05) is 32.3 Å². The van der Waals surface area contributed by atoms with Gasteiger partial charge in [-0.15, -0.1) is 0 Å². The van der Waals surface area contributed by atoms with Gasteiger partial charge < -0.3 is 35.3 Å². The monoisotopic (exact) mass is 411 g/mol. The molecule has 4 N–H and O–H groups in total. The number of fused-ring (bicyclic) bond motifs is 1. The molecule has 2 saturated heterocycles. The molecule has 2 aliphatic rings. The zero-order valence-electron chi connectivity index (χ0n) is 16.1. The second-order valence-corrected chi connectivity index (χ2v) is 7.05. The maximum atomic E-state index is 12.9. The number of carbonyl (C=O) groups excluding carboxylic acids is 2. The van der Waals surface area contributed by atoms with Gasteiger partial charge in [0.05, 0.1) is 25.2 Å². The summed E-state index contributed by atoms with van der Waals surface area (Å²) in [6.07, 6.45) is -2.01. The number of aliphatic hydroxyl groups excluding tert-OH is 1. The van der Waals surface area contributed by atoms with Crippen molar-refractivity contribution < 1.29 is 33.3 Å². The molecule has 1 aromatic rings. The molecule has 1 aromatic carbocycles. The second kappa shape index (κ2) is 9.97. The van der Waals surface area contributed by atoms with E-state index in [4.69, 9.17) is 14.2 Å². The Hall–Kier alpha value is -2.27. The van der Waals surface area contributed by atoms with Crippen molar-refractivity contribution in [3.63, 3.8) is 0 Å². The van der Waals surface area contributed by atoms with Crippen molar-refractivity contribution in [1.29, 1.82) is 0 Å². The average molecular weight is 411 g/mol. The van der Waals surface area contributed by atoms with Gasteiger partial charge in [-0.3, -0.25) is 4.79 Å². The van der Waals surface area contributed by atoms with Gasteiger partial charge in [-0.25, -0.2) is 9.18 Å². The van der Waals surface area contributed by atoms with E-state index >= 15 is 0 Å². The number of methoxy groups -OCH3 is 1. The number of halogens is 1. The Kier molecular flexibility index (Phi) is 7.37. The fourth-order valence-electron chi connectivity index (χ4n) is 3.48. The van der Waals surface area contributed by atoms with Crippen LogP contribution in [-0.4, -0.2) is 74.4 Å². The Balaban J connectivity index is 1.39. The summed E-state index contributed by atoms with van der Waals surface area (Å²) < 4.78 is 29.4. The topological polar surface area (TPSA) is 118 Å². The van der Waals surface area contributed by atoms with Crippen LogP contribution in [0, 0.1) is 5.82 Å². The molecule has 0 radical (unpaired) electrons. The number of nitrogens with one attached hydrogen (secondary N) is 3. The van der Waals surface area contributed by atoms with E-state index in [0.717, 1.165) is 0 Å². The van der Waals surface area contributed by atoms with Crippen LogP contribution in [0.5, 0.6) is 0 Å². The van der Waals surface area contributed by atoms with Crippen LogP contribution in [0.2, 0.25) is 0 Å². The van der Waals surface area contributed by atoms with Crippen LogP contribution in [0.1, 0.15) is 12.8 Å². The van der Waals surface area contributed by atoms with Gasteiger partial charge in [-0.05, 0) is 24.3 Å². The molecular formula is C19H26FN3O6. The summed E-state index contributed by atoms with van der Waals surface area (Å²) in [5.41, 5.74) is 0.448. The molecule has 3 rings (SSSR count). The van der Waals surface area contributed by atoms with Crippen LogP contribution in [0.15, 0.2) is 24.3 Å². The summed E-state index contributed by atoms with van der Waals surface area (Å²) in [5, 5.41) is 18.4. The van der Waals surface area contributed by atoms with Gasteiger partial charge in [-0.1, -0.05) is 0 Å². The number of hydrogen-bond acceptors (Lipinski definition) is 6. The quantitative estimate of drug-likeness (QED) is 0.460. The lowest BCUT2D eigenvalue weighted by molar-refractivity contribution is -0.124. The number of urea groups is 1. The van der Waals surface area contributed by atoms with E-state index in [1.165, 1.54) is 24.3 Å². The summed E-state index contributed by atoms with van der Waals surface area (Å²) >= 11 is 0. The minimum atomic E-state index is -0.910. The number of amides is 3. The van der Waals surface area contributed by atoms with Crippen molar-refractivity contribution in [3.05, 3.63) is 30.1 Å². The zero-order valence-corrected chi connectivity index (χ0v) is 16.1. The van der Waals surface area contributed by atoms with Crippen LogP contribution in [0.4, 0.5) is 14.9 Å². The number of anilines is 1. The molecule has 10 heteroatoms. The number of ether oxygens (including phenoxy) is 3. The van der Waals surface area contributed by atoms with E-state index in [1.54, 1.807) is 7.11 Å². The molecule has 3 amide bonds. The lowest BCUT2D eigenvalue weighted by Gasteiger charge is -2.20. The van der Waals surface area contributed by atoms with Crippen molar-refractivity contribution in [1.82, 2.24) is 10.6 Å². The zero-order chi connectivity index (χ0) is 20.8. The van der Waals surface area contributed by atoms with Crippen molar-refractivity contribution in [2.75, 3.05) is 32.1 Å². The maximum Gasteiger partial charge on any atom is 0.319 e. The van der Waals surface area contributed by atoms with Crippen LogP contribution in [0.3, 0.4) is 0 Å². The molecule has 9 nitrogen and oxygen atoms in total. The smallest absolute Gasteiger partial charge is 0.319 e. The van der Waals surface area contributed by atoms with Gasteiger partial charge in [-0.2, -0.15) is 0 Å². The minimum absolute atomic E-state index is 0.0900. The largest absolute Gasteiger partial charge is 0.388 e. The molecule has 160 valence electrons. The normalized spacial score (nSPS) is 28.0. The Labute approximate surface area is 167 Å². The number of hydrogen-bond donors (Lipinski definition) is 4. The summed E-state index contributed by atoms with van der Waals surface area (Å²) in [6, 6.07) is 4.88. The molecule has 5 unspecified atom stereocenters. The van der Waals surface area contributed by atoms with Crippen molar-refractivity contribution in [2.24, 2.45) is 0 Å². The van der Waals surface area contributed by atoms with Crippen molar-refractivity contribution in [2.45, 2.75) is 43.4 Å². The lowest BCUT2D eigenvalue weighted by Crippen LogP contribution is -2.42. The molecule has 0 bridgehead atoms. The van der Waals surface area contributed by atoms with Crippen LogP contribution in [-0.2, 0) is 19.0 Å². The molecular weight excluding hydrogens is 385 g/mol. The first-order chi connectivity index (χ1) is 14.0. The maximum absolute atomic E-state index is 12.9. The summed E-state index contributed by atoms with van der Waals surface area (Å²) in [4.78, 5) is 23.8. The fourth-order valence-corrected chi connectivity index (χ4v) is 3.48. The highest BCUT2D eigenvalue weighted by Crippen LogP contribution is 2.35. The highest BCUT2D eigenvalue weighted by molar-refractivity contribution is 5.89. The first-order valence-electron chi connectivity index (χ1n) is 9.51. The Morgan fingerprint density at radius 2 is 2.00 bits per heavy atom. The third-order valence-corrected chi connectivity index (χ3v) is 4.89. The van der Waals surface area contributed by atoms with E-state index in [9.17, 15) is 19.1 Å². The Bertz CT molecular complexity index is 704. The van der Waals surface area contributed by atoms with Gasteiger partial charge in [0.15, 0.2) is 0 Å². The van der Waals surface area contributed by atoms with Crippen LogP contribution < -0.4 is 16.0 Å². The van der Waals surface area contributed by atoms with Crippen molar-refractivity contribution >= 4 is 17.6 Å². The first kappa shape index (κ1) is 21.4. The summed E-state index contributed by atoms with van der Waals surface area (Å²) in [5.74, 6) is -0.534. The third-order valence-electron chi connectivity index (χ3n) is 4.89. The second-order valence-electron chi connectivity index (χ2n) is 7.05. The van der Waals surface area contributed by atoms with E-state index in [2.05, 4.69) is 16.0 Å². The highest BCUT2D eigenvalue weighted by atomic mass is 19.1. The SMILES string of the molecule is COCCNC(=O)CC1CC2OC(CNC(=O)Nc3ccc(F)cc3)C(O)C2O1. The van der Waals surface area contributed by atoms with E-state index in [0.29, 0.717) is 25.3 Å². The average Bonchev–Trinajstić information content (AvgIpc) is 3.20. The standard InChI is InChI=1S/C19H26FN3O6/c1-27-7-6-21-16(24)9-13-8-14-18(28-13)17(25)15(29-14)10-22-19(26)23-12-4-2-11(20)3-5-12/h2-5,13-15,17-18,25H,6-10H2,1H3,(H,21,24)(H2,22,23,26). The predicted molar refractivity (Wildman–Crippen MR) is 101 cm³/mol. The van der Waals surface area contributed by atoms with Gasteiger partial charge in [0.25, 0.3) is 0 Å². The molecule has 0 aliphatic carbocycles. The van der Waals surface area contributed by atoms with Crippen molar-refractivity contribution in [3.8, 4) is 0 Å². The highest BCUT2D eigenvalue weighted by Gasteiger charge is 2.50. The molecule has 29 heavy (non-hydrogen) atoms.